The zero-order chi connectivity index (χ0) is 24.8. The Balaban J connectivity index is 1.63. The second-order valence-corrected chi connectivity index (χ2v) is 9.11. The van der Waals surface area contributed by atoms with Crippen molar-refractivity contribution in [2.45, 2.75) is 13.0 Å². The van der Waals surface area contributed by atoms with E-state index in [0.29, 0.717) is 11.3 Å². The molecule has 2 unspecified atom stereocenters. The summed E-state index contributed by atoms with van der Waals surface area (Å²) in [6, 6.07) is 16.6. The topological polar surface area (TPSA) is 147 Å². The van der Waals surface area contributed by atoms with Gasteiger partial charge in [-0.25, -0.2) is 9.97 Å². The van der Waals surface area contributed by atoms with Crippen molar-refractivity contribution in [3.05, 3.63) is 95.9 Å². The first kappa shape index (κ1) is 24.2. The van der Waals surface area contributed by atoms with Gasteiger partial charge in [0.1, 0.15) is 11.3 Å². The summed E-state index contributed by atoms with van der Waals surface area (Å²) < 4.78 is 17.2. The summed E-state index contributed by atoms with van der Waals surface area (Å²) >= 11 is 0. The lowest BCUT2D eigenvalue weighted by Crippen LogP contribution is -2.30. The summed E-state index contributed by atoms with van der Waals surface area (Å²) in [4.78, 5) is 39.5. The summed E-state index contributed by atoms with van der Waals surface area (Å²) in [6.07, 6.45) is 4.20. The number of aromatic hydroxyl groups is 1. The lowest BCUT2D eigenvalue weighted by Gasteiger charge is -2.20. The van der Waals surface area contributed by atoms with Crippen LogP contribution in [0.4, 0.5) is 0 Å². The fourth-order valence-electron chi connectivity index (χ4n) is 3.34. The second kappa shape index (κ2) is 10.5. The minimum Gasteiger partial charge on any atom is -0.493 e. The molecule has 3 N–H and O–H groups in total. The van der Waals surface area contributed by atoms with Gasteiger partial charge < -0.3 is 19.8 Å². The van der Waals surface area contributed by atoms with E-state index in [1.54, 1.807) is 37.4 Å². The van der Waals surface area contributed by atoms with Crippen LogP contribution in [-0.4, -0.2) is 42.4 Å². The van der Waals surface area contributed by atoms with E-state index in [1.807, 2.05) is 30.3 Å². The molecule has 178 valence electrons. The number of carbonyl (C=O) groups is 1. The second-order valence-electron chi connectivity index (χ2n) is 7.35. The molecule has 0 fully saturated rings. The molecule has 0 saturated carbocycles. The van der Waals surface area contributed by atoms with Crippen molar-refractivity contribution in [3.8, 4) is 17.4 Å². The van der Waals surface area contributed by atoms with Crippen molar-refractivity contribution in [2.24, 2.45) is 0 Å². The van der Waals surface area contributed by atoms with Crippen LogP contribution < -0.4 is 10.8 Å². The smallest absolute Gasteiger partial charge is 0.376 e. The van der Waals surface area contributed by atoms with Crippen LogP contribution in [0.5, 0.6) is 5.88 Å². The Hall–Kier alpha value is -3.98. The van der Waals surface area contributed by atoms with Crippen LogP contribution in [0.25, 0.3) is 11.5 Å². The highest BCUT2D eigenvalue weighted by atomic mass is 31.2. The first-order chi connectivity index (χ1) is 16.9. The number of benzene rings is 1. The number of amides is 1. The molecule has 4 rings (SSSR count). The van der Waals surface area contributed by atoms with Crippen LogP contribution in [0.1, 0.15) is 34.5 Å². The van der Waals surface area contributed by atoms with E-state index >= 15 is 0 Å². The number of aromatic nitrogens is 4. The van der Waals surface area contributed by atoms with Gasteiger partial charge in [-0.3, -0.25) is 14.3 Å². The largest absolute Gasteiger partial charge is 0.493 e. The van der Waals surface area contributed by atoms with Gasteiger partial charge in [0.2, 0.25) is 5.88 Å². The molecule has 0 saturated heterocycles. The first-order valence-electron chi connectivity index (χ1n) is 10.7. The fraction of sp³-hybridized carbons (Fsp3) is 0.125. The van der Waals surface area contributed by atoms with Gasteiger partial charge in [-0.05, 0) is 36.2 Å². The molecule has 1 amide bonds. The van der Waals surface area contributed by atoms with Crippen LogP contribution in [0.15, 0.2) is 79.3 Å². The van der Waals surface area contributed by atoms with E-state index in [9.17, 15) is 19.4 Å². The summed E-state index contributed by atoms with van der Waals surface area (Å²) in [5.74, 6) is -0.923. The Kier molecular flexibility index (Phi) is 7.26. The molecule has 4 aromatic rings. The number of hydrogen-bond acceptors (Lipinski definition) is 8. The van der Waals surface area contributed by atoms with E-state index in [2.05, 4.69) is 25.3 Å². The molecule has 0 aliphatic heterocycles. The molecule has 10 nitrogen and oxygen atoms in total. The number of hydrogen-bond donors (Lipinski definition) is 3. The Bertz CT molecular complexity index is 1350. The molecular weight excluding hydrogens is 469 g/mol. The quantitative estimate of drug-likeness (QED) is 0.316. The molecule has 0 bridgehead atoms. The van der Waals surface area contributed by atoms with E-state index in [1.165, 1.54) is 18.5 Å². The number of nitrogens with one attached hydrogen (secondary N) is 1. The standard InChI is InChI=1S/C24H22N5O5P/c1-2-34-35(32,33)20-12-11-17(14-26-20)21(16-8-4-3-5-9-16)28-23(30)18-15-27-22(29-24(18)31)19-10-6-7-13-25-19/h3-15,21H,2H2,1H3,(H,28,30)(H,32,33)(H,27,29,31). The summed E-state index contributed by atoms with van der Waals surface area (Å²) in [6.45, 7) is 1.67. The third-order valence-corrected chi connectivity index (χ3v) is 6.47. The van der Waals surface area contributed by atoms with Gasteiger partial charge in [-0.1, -0.05) is 42.5 Å². The van der Waals surface area contributed by atoms with Crippen molar-refractivity contribution >= 4 is 18.9 Å². The highest BCUT2D eigenvalue weighted by molar-refractivity contribution is 7.60. The van der Waals surface area contributed by atoms with Crippen molar-refractivity contribution in [3.63, 3.8) is 0 Å². The van der Waals surface area contributed by atoms with Crippen LogP contribution >= 0.6 is 7.60 Å². The van der Waals surface area contributed by atoms with E-state index in [4.69, 9.17) is 4.52 Å². The molecule has 2 atom stereocenters. The average molecular weight is 491 g/mol. The van der Waals surface area contributed by atoms with Crippen LogP contribution in [-0.2, 0) is 9.09 Å². The third-order valence-electron chi connectivity index (χ3n) is 5.01. The monoisotopic (exact) mass is 491 g/mol. The van der Waals surface area contributed by atoms with E-state index < -0.39 is 25.4 Å². The average Bonchev–Trinajstić information content (AvgIpc) is 2.88. The Morgan fingerprint density at radius 2 is 1.77 bits per heavy atom. The maximum atomic E-state index is 13.1. The van der Waals surface area contributed by atoms with Gasteiger partial charge in [0.25, 0.3) is 5.91 Å². The first-order valence-corrected chi connectivity index (χ1v) is 12.2. The number of nitrogens with zero attached hydrogens (tertiary/aromatic N) is 4. The minimum atomic E-state index is -4.03. The number of pyridine rings is 2. The zero-order valence-electron chi connectivity index (χ0n) is 18.6. The number of rotatable bonds is 8. The maximum Gasteiger partial charge on any atom is 0.376 e. The molecule has 0 aliphatic rings. The summed E-state index contributed by atoms with van der Waals surface area (Å²) in [5.41, 5.74) is 1.52. The SMILES string of the molecule is CCOP(=O)(O)c1ccc(C(NC(=O)c2cnc(-c3ccccn3)nc2O)c2ccccc2)cn1. The van der Waals surface area contributed by atoms with Gasteiger partial charge in [0.05, 0.1) is 12.6 Å². The normalized spacial score (nSPS) is 13.5. The Morgan fingerprint density at radius 3 is 2.40 bits per heavy atom. The third kappa shape index (κ3) is 5.58. The molecular formula is C24H22N5O5P. The summed E-state index contributed by atoms with van der Waals surface area (Å²) in [7, 11) is -4.03. The molecule has 35 heavy (non-hydrogen) atoms. The predicted octanol–water partition coefficient (Wildman–Crippen LogP) is 3.01. The molecule has 0 aliphatic carbocycles. The predicted molar refractivity (Wildman–Crippen MR) is 128 cm³/mol. The molecule has 0 spiro atoms. The van der Waals surface area contributed by atoms with Gasteiger partial charge in [0.15, 0.2) is 11.3 Å². The highest BCUT2D eigenvalue weighted by Crippen LogP contribution is 2.39. The fourth-order valence-corrected chi connectivity index (χ4v) is 4.29. The van der Waals surface area contributed by atoms with E-state index in [0.717, 1.165) is 5.56 Å². The van der Waals surface area contributed by atoms with Crippen molar-refractivity contribution < 1.29 is 23.9 Å². The van der Waals surface area contributed by atoms with Crippen LogP contribution in [0, 0.1) is 0 Å². The van der Waals surface area contributed by atoms with Crippen LogP contribution in [0.3, 0.4) is 0 Å². The molecule has 11 heteroatoms. The summed E-state index contributed by atoms with van der Waals surface area (Å²) in [5, 5.41) is 13.3. The van der Waals surface area contributed by atoms with Gasteiger partial charge in [-0.2, -0.15) is 4.98 Å². The van der Waals surface area contributed by atoms with Crippen molar-refractivity contribution in [1.29, 1.82) is 0 Å². The number of carbonyl (C=O) groups excluding carboxylic acids is 1. The van der Waals surface area contributed by atoms with Gasteiger partial charge in [0, 0.05) is 18.6 Å². The van der Waals surface area contributed by atoms with E-state index in [-0.39, 0.29) is 23.4 Å². The Labute approximate surface area is 201 Å². The molecule has 0 radical (unpaired) electrons. The Morgan fingerprint density at radius 1 is 1.00 bits per heavy atom. The minimum absolute atomic E-state index is 0.0601. The zero-order valence-corrected chi connectivity index (χ0v) is 19.5. The molecule has 1 aromatic carbocycles. The molecule has 3 aromatic heterocycles. The van der Waals surface area contributed by atoms with Gasteiger partial charge >= 0.3 is 7.60 Å². The molecule has 3 heterocycles. The lowest BCUT2D eigenvalue weighted by molar-refractivity contribution is 0.0939. The maximum absolute atomic E-state index is 13.1. The van der Waals surface area contributed by atoms with Crippen LogP contribution in [0.2, 0.25) is 0 Å². The van der Waals surface area contributed by atoms with Crippen molar-refractivity contribution in [1.82, 2.24) is 25.3 Å². The lowest BCUT2D eigenvalue weighted by atomic mass is 10.00. The van der Waals surface area contributed by atoms with Gasteiger partial charge in [-0.15, -0.1) is 0 Å². The highest BCUT2D eigenvalue weighted by Gasteiger charge is 2.26. The van der Waals surface area contributed by atoms with Crippen molar-refractivity contribution in [2.75, 3.05) is 6.61 Å².